The Kier molecular flexibility index (Phi) is 9.84. The fourth-order valence-corrected chi connectivity index (χ4v) is 6.18. The van der Waals surface area contributed by atoms with Gasteiger partial charge in [0.1, 0.15) is 5.82 Å². The number of amides is 1. The monoisotopic (exact) mass is 623 g/mol. The van der Waals surface area contributed by atoms with Crippen LogP contribution in [0.15, 0.2) is 65.8 Å². The molecule has 0 spiro atoms. The molecular formula is C37H49N7O2. The van der Waals surface area contributed by atoms with Gasteiger partial charge < -0.3 is 20.7 Å². The Balaban J connectivity index is 1.43. The second kappa shape index (κ2) is 13.6. The van der Waals surface area contributed by atoms with Crippen molar-refractivity contribution in [2.45, 2.75) is 71.8 Å². The molecule has 2 heterocycles. The third kappa shape index (κ3) is 7.43. The van der Waals surface area contributed by atoms with Gasteiger partial charge >= 0.3 is 0 Å². The summed E-state index contributed by atoms with van der Waals surface area (Å²) in [5, 5.41) is 14.8. The van der Waals surface area contributed by atoms with Gasteiger partial charge in [0.2, 0.25) is 0 Å². The minimum absolute atomic E-state index is 0.0281. The fourth-order valence-electron chi connectivity index (χ4n) is 6.18. The molecule has 1 aliphatic carbocycles. The van der Waals surface area contributed by atoms with E-state index in [-0.39, 0.29) is 16.7 Å². The molecule has 0 saturated carbocycles. The Morgan fingerprint density at radius 3 is 2.46 bits per heavy atom. The molecule has 5 rings (SSSR count). The van der Waals surface area contributed by atoms with Gasteiger partial charge in [-0.2, -0.15) is 9.78 Å². The Morgan fingerprint density at radius 2 is 1.76 bits per heavy atom. The number of hydrogen-bond acceptors (Lipinski definition) is 7. The second-order valence-electron chi connectivity index (χ2n) is 13.6. The van der Waals surface area contributed by atoms with E-state index in [4.69, 9.17) is 9.84 Å². The standard InChI is InChI=1S/C37H49N7O2/c1-9-39-33(20-26(3)38-8)44-34(23-29(42-44)24-43-16-18-46-19-17-43)41-32-22-28(12-10-25(32)2)40-35(45)27-11-13-30-31(21-27)37(6,7)15-14-36(30,4)5/h9-13,20-23,38,41H,3,14-19,24H2,1-2,4-8H3,(H,40,45)/b33-20+,39-9-. The molecule has 244 valence electrons. The van der Waals surface area contributed by atoms with E-state index in [0.717, 1.165) is 61.9 Å². The molecule has 2 aliphatic rings. The quantitative estimate of drug-likeness (QED) is 0.166. The molecule has 46 heavy (non-hydrogen) atoms. The number of carbonyl (C=O) groups is 1. The predicted octanol–water partition coefficient (Wildman–Crippen LogP) is 6.99. The first-order valence-electron chi connectivity index (χ1n) is 16.2. The van der Waals surface area contributed by atoms with Gasteiger partial charge in [0, 0.05) is 67.7 Å². The summed E-state index contributed by atoms with van der Waals surface area (Å²) in [6.07, 6.45) is 5.84. The number of aryl methyl sites for hydroxylation is 1. The van der Waals surface area contributed by atoms with Crippen LogP contribution < -0.4 is 16.0 Å². The normalized spacial score (nSPS) is 17.8. The fraction of sp³-hybridized carbons (Fsp3) is 0.432. The number of fused-ring (bicyclic) bond motifs is 1. The number of benzene rings is 2. The van der Waals surface area contributed by atoms with Gasteiger partial charge in [-0.05, 0) is 78.5 Å². The summed E-state index contributed by atoms with van der Waals surface area (Å²) in [6.45, 7) is 21.0. The molecule has 0 unspecified atom stereocenters. The highest BCUT2D eigenvalue weighted by Gasteiger charge is 2.37. The SMILES string of the molecule is C=C(/C=C(\N=C/C)n1nc(CN2CCOCC2)cc1Nc1cc(NC(=O)c2ccc3c(c2)C(C)(C)CCC3(C)C)ccc1C)NC. The lowest BCUT2D eigenvalue weighted by atomic mass is 9.63. The van der Waals surface area contributed by atoms with Crippen molar-refractivity contribution in [1.29, 1.82) is 0 Å². The van der Waals surface area contributed by atoms with Crippen LogP contribution in [0.5, 0.6) is 0 Å². The summed E-state index contributed by atoms with van der Waals surface area (Å²) >= 11 is 0. The first-order valence-corrected chi connectivity index (χ1v) is 16.2. The molecule has 1 aliphatic heterocycles. The van der Waals surface area contributed by atoms with E-state index >= 15 is 0 Å². The molecule has 0 radical (unpaired) electrons. The maximum Gasteiger partial charge on any atom is 0.255 e. The summed E-state index contributed by atoms with van der Waals surface area (Å²) in [4.78, 5) is 20.5. The van der Waals surface area contributed by atoms with Crippen molar-refractivity contribution in [2.75, 3.05) is 44.0 Å². The molecule has 0 bridgehead atoms. The minimum atomic E-state index is -0.122. The molecule has 1 saturated heterocycles. The highest BCUT2D eigenvalue weighted by molar-refractivity contribution is 6.04. The van der Waals surface area contributed by atoms with Crippen molar-refractivity contribution >= 4 is 35.1 Å². The Hall–Kier alpha value is -4.21. The van der Waals surface area contributed by atoms with Crippen LogP contribution in [0.3, 0.4) is 0 Å². The molecule has 1 amide bonds. The number of aromatic nitrogens is 2. The number of ether oxygens (including phenoxy) is 1. The zero-order chi connectivity index (χ0) is 33.1. The van der Waals surface area contributed by atoms with E-state index in [9.17, 15) is 4.79 Å². The highest BCUT2D eigenvalue weighted by Crippen LogP contribution is 2.46. The number of nitrogens with zero attached hydrogens (tertiary/aromatic N) is 4. The van der Waals surface area contributed by atoms with Crippen LogP contribution in [0.25, 0.3) is 5.82 Å². The Labute approximate surface area is 273 Å². The number of hydrogen-bond donors (Lipinski definition) is 3. The van der Waals surface area contributed by atoms with Crippen molar-refractivity contribution < 1.29 is 9.53 Å². The lowest BCUT2D eigenvalue weighted by molar-refractivity contribution is 0.0336. The van der Waals surface area contributed by atoms with Crippen molar-refractivity contribution in [1.82, 2.24) is 20.0 Å². The van der Waals surface area contributed by atoms with Crippen LogP contribution in [0.4, 0.5) is 17.2 Å². The molecule has 1 fully saturated rings. The number of anilines is 3. The highest BCUT2D eigenvalue weighted by atomic mass is 16.5. The van der Waals surface area contributed by atoms with E-state index in [1.54, 1.807) is 10.9 Å². The van der Waals surface area contributed by atoms with Gasteiger partial charge in [0.05, 0.1) is 18.9 Å². The van der Waals surface area contributed by atoms with Gasteiger partial charge in [-0.15, -0.1) is 0 Å². The van der Waals surface area contributed by atoms with Crippen molar-refractivity contribution in [3.05, 3.63) is 88.8 Å². The average Bonchev–Trinajstić information content (AvgIpc) is 3.42. The molecule has 1 aromatic heterocycles. The largest absolute Gasteiger partial charge is 0.388 e. The van der Waals surface area contributed by atoms with Crippen molar-refractivity contribution in [2.24, 2.45) is 4.99 Å². The first-order chi connectivity index (χ1) is 21.9. The lowest BCUT2D eigenvalue weighted by Crippen LogP contribution is -2.35. The summed E-state index contributed by atoms with van der Waals surface area (Å²) in [5.74, 6) is 1.26. The zero-order valence-electron chi connectivity index (χ0n) is 28.5. The zero-order valence-corrected chi connectivity index (χ0v) is 28.5. The molecule has 9 heteroatoms. The molecule has 3 aromatic rings. The lowest BCUT2D eigenvalue weighted by Gasteiger charge is -2.42. The van der Waals surface area contributed by atoms with Gasteiger partial charge in [0.25, 0.3) is 5.91 Å². The van der Waals surface area contributed by atoms with Crippen LogP contribution in [-0.4, -0.2) is 60.2 Å². The topological polar surface area (TPSA) is 95.8 Å². The van der Waals surface area contributed by atoms with Gasteiger partial charge in [-0.25, -0.2) is 4.99 Å². The van der Waals surface area contributed by atoms with Crippen LogP contribution in [0, 0.1) is 6.92 Å². The smallest absolute Gasteiger partial charge is 0.255 e. The number of carbonyl (C=O) groups excluding carboxylic acids is 1. The molecule has 9 nitrogen and oxygen atoms in total. The molecule has 2 aromatic carbocycles. The predicted molar refractivity (Wildman–Crippen MR) is 189 cm³/mol. The maximum atomic E-state index is 13.6. The van der Waals surface area contributed by atoms with E-state index in [1.165, 1.54) is 11.1 Å². The van der Waals surface area contributed by atoms with E-state index in [2.05, 4.69) is 78.3 Å². The summed E-state index contributed by atoms with van der Waals surface area (Å²) in [7, 11) is 1.83. The number of nitrogens with one attached hydrogen (secondary N) is 3. The summed E-state index contributed by atoms with van der Waals surface area (Å²) < 4.78 is 7.34. The van der Waals surface area contributed by atoms with Gasteiger partial charge in [0.15, 0.2) is 5.82 Å². The minimum Gasteiger partial charge on any atom is -0.388 e. The Morgan fingerprint density at radius 1 is 1.04 bits per heavy atom. The average molecular weight is 624 g/mol. The van der Waals surface area contributed by atoms with E-state index < -0.39 is 0 Å². The number of aliphatic imine (C=N–C) groups is 1. The molecular weight excluding hydrogens is 574 g/mol. The van der Waals surface area contributed by atoms with E-state index in [1.807, 2.05) is 51.2 Å². The third-order valence-corrected chi connectivity index (χ3v) is 9.23. The van der Waals surface area contributed by atoms with Gasteiger partial charge in [-0.1, -0.05) is 46.4 Å². The molecule has 0 atom stereocenters. The number of rotatable bonds is 10. The number of morpholine rings is 1. The van der Waals surface area contributed by atoms with Gasteiger partial charge in [-0.3, -0.25) is 9.69 Å². The maximum absolute atomic E-state index is 13.6. The van der Waals surface area contributed by atoms with Crippen LogP contribution >= 0.6 is 0 Å². The second-order valence-corrected chi connectivity index (χ2v) is 13.6. The molecule has 3 N–H and O–H groups in total. The van der Waals surface area contributed by atoms with Crippen LogP contribution in [0.2, 0.25) is 0 Å². The van der Waals surface area contributed by atoms with E-state index in [0.29, 0.717) is 29.3 Å². The van der Waals surface area contributed by atoms with Crippen LogP contribution in [0.1, 0.15) is 80.2 Å². The number of likely N-dealkylation sites (N-methyl/N-ethyl adjacent to an activating group) is 1. The summed E-state index contributed by atoms with van der Waals surface area (Å²) in [5.41, 5.74) is 7.63. The van der Waals surface area contributed by atoms with Crippen LogP contribution in [-0.2, 0) is 22.1 Å². The third-order valence-electron chi connectivity index (χ3n) is 9.23. The first kappa shape index (κ1) is 33.2. The van der Waals surface area contributed by atoms with Crippen molar-refractivity contribution in [3.63, 3.8) is 0 Å². The number of allylic oxidation sites excluding steroid dienone is 1. The van der Waals surface area contributed by atoms with Crippen molar-refractivity contribution in [3.8, 4) is 0 Å². The summed E-state index contributed by atoms with van der Waals surface area (Å²) in [6, 6.07) is 14.2. The Bertz CT molecular complexity index is 1660.